The fourth-order valence-corrected chi connectivity index (χ4v) is 3.62. The van der Waals surface area contributed by atoms with Crippen LogP contribution in [-0.2, 0) is 17.8 Å². The third-order valence-corrected chi connectivity index (χ3v) is 4.88. The highest BCUT2D eigenvalue weighted by atomic mass is 16.5. The van der Waals surface area contributed by atoms with Crippen molar-refractivity contribution in [3.8, 4) is 11.5 Å². The fraction of sp³-hybridized carbons (Fsp3) is 0.611. The molecule has 1 aliphatic carbocycles. The molecule has 1 amide bonds. The zero-order valence-electron chi connectivity index (χ0n) is 14.1. The second-order valence-electron chi connectivity index (χ2n) is 6.49. The zero-order chi connectivity index (χ0) is 16.2. The van der Waals surface area contributed by atoms with Gasteiger partial charge in [0, 0.05) is 19.1 Å². The minimum atomic E-state index is 0.154. The molecule has 0 radical (unpaired) electrons. The number of fused-ring (bicyclic) bond motifs is 1. The van der Waals surface area contributed by atoms with Crippen molar-refractivity contribution in [3.05, 3.63) is 23.3 Å². The third-order valence-electron chi connectivity index (χ3n) is 4.88. The molecule has 126 valence electrons. The Bertz CT molecular complexity index is 568. The maximum atomic E-state index is 12.2. The van der Waals surface area contributed by atoms with Crippen molar-refractivity contribution in [3.63, 3.8) is 0 Å². The first kappa shape index (κ1) is 16.1. The lowest BCUT2D eigenvalue weighted by Crippen LogP contribution is -2.42. The number of hydrogen-bond acceptors (Lipinski definition) is 4. The summed E-state index contributed by atoms with van der Waals surface area (Å²) in [7, 11) is 3.31. The Morgan fingerprint density at radius 3 is 2.48 bits per heavy atom. The van der Waals surface area contributed by atoms with Gasteiger partial charge < -0.3 is 14.8 Å². The zero-order valence-corrected chi connectivity index (χ0v) is 14.1. The summed E-state index contributed by atoms with van der Waals surface area (Å²) >= 11 is 0. The molecule has 1 fully saturated rings. The first-order valence-corrected chi connectivity index (χ1v) is 8.45. The SMILES string of the molecule is COc1cc2c(cc1OC)CN(CC(=O)NC1CCCC1)CC2. The summed E-state index contributed by atoms with van der Waals surface area (Å²) in [5.41, 5.74) is 2.51. The van der Waals surface area contributed by atoms with Gasteiger partial charge in [0.25, 0.3) is 0 Å². The molecule has 5 nitrogen and oxygen atoms in total. The molecule has 0 aromatic heterocycles. The minimum Gasteiger partial charge on any atom is -0.493 e. The lowest BCUT2D eigenvalue weighted by atomic mass is 9.99. The number of rotatable bonds is 5. The van der Waals surface area contributed by atoms with Crippen LogP contribution in [0.3, 0.4) is 0 Å². The minimum absolute atomic E-state index is 0.154. The van der Waals surface area contributed by atoms with Gasteiger partial charge in [-0.2, -0.15) is 0 Å². The predicted molar refractivity (Wildman–Crippen MR) is 88.9 cm³/mol. The van der Waals surface area contributed by atoms with Crippen LogP contribution in [0.5, 0.6) is 11.5 Å². The highest BCUT2D eigenvalue weighted by Gasteiger charge is 2.23. The fourth-order valence-electron chi connectivity index (χ4n) is 3.62. The molecule has 1 heterocycles. The van der Waals surface area contributed by atoms with E-state index in [1.807, 2.05) is 6.07 Å². The van der Waals surface area contributed by atoms with Crippen LogP contribution in [0.15, 0.2) is 12.1 Å². The van der Waals surface area contributed by atoms with Crippen LogP contribution >= 0.6 is 0 Å². The van der Waals surface area contributed by atoms with Gasteiger partial charge >= 0.3 is 0 Å². The summed E-state index contributed by atoms with van der Waals surface area (Å²) in [5.74, 6) is 1.68. The molecule has 0 unspecified atom stereocenters. The molecule has 5 heteroatoms. The second-order valence-corrected chi connectivity index (χ2v) is 6.49. The highest BCUT2D eigenvalue weighted by molar-refractivity contribution is 5.78. The molecule has 1 saturated carbocycles. The van der Waals surface area contributed by atoms with E-state index in [4.69, 9.17) is 9.47 Å². The van der Waals surface area contributed by atoms with E-state index in [9.17, 15) is 4.79 Å². The standard InChI is InChI=1S/C18H26N2O3/c1-22-16-9-13-7-8-20(11-14(13)10-17(16)23-2)12-18(21)19-15-5-3-4-6-15/h9-10,15H,3-8,11-12H2,1-2H3,(H,19,21). The van der Waals surface area contributed by atoms with Gasteiger partial charge in [-0.3, -0.25) is 9.69 Å². The number of nitrogens with zero attached hydrogens (tertiary/aromatic N) is 1. The molecule has 0 saturated heterocycles. The van der Waals surface area contributed by atoms with E-state index in [-0.39, 0.29) is 5.91 Å². The van der Waals surface area contributed by atoms with Crippen molar-refractivity contribution < 1.29 is 14.3 Å². The van der Waals surface area contributed by atoms with Crippen molar-refractivity contribution in [1.29, 1.82) is 0 Å². The number of ether oxygens (including phenoxy) is 2. The Kier molecular flexibility index (Phi) is 5.06. The molecule has 1 aliphatic heterocycles. The van der Waals surface area contributed by atoms with Crippen molar-refractivity contribution in [2.75, 3.05) is 27.3 Å². The first-order chi connectivity index (χ1) is 11.2. The van der Waals surface area contributed by atoms with Gasteiger partial charge in [0.2, 0.25) is 5.91 Å². The third kappa shape index (κ3) is 3.78. The van der Waals surface area contributed by atoms with Gasteiger partial charge in [-0.15, -0.1) is 0 Å². The average Bonchev–Trinajstić information content (AvgIpc) is 3.06. The van der Waals surface area contributed by atoms with Gasteiger partial charge in [-0.25, -0.2) is 0 Å². The van der Waals surface area contributed by atoms with E-state index >= 15 is 0 Å². The normalized spacial score (nSPS) is 18.5. The van der Waals surface area contributed by atoms with E-state index in [1.165, 1.54) is 24.0 Å². The van der Waals surface area contributed by atoms with E-state index in [0.717, 1.165) is 43.9 Å². The highest BCUT2D eigenvalue weighted by Crippen LogP contribution is 2.33. The predicted octanol–water partition coefficient (Wildman–Crippen LogP) is 2.12. The van der Waals surface area contributed by atoms with E-state index in [2.05, 4.69) is 16.3 Å². The lowest BCUT2D eigenvalue weighted by molar-refractivity contribution is -0.123. The van der Waals surface area contributed by atoms with Crippen LogP contribution in [-0.4, -0.2) is 44.2 Å². The maximum absolute atomic E-state index is 12.2. The second kappa shape index (κ2) is 7.21. The van der Waals surface area contributed by atoms with Gasteiger partial charge in [0.1, 0.15) is 0 Å². The molecule has 0 atom stereocenters. The number of amides is 1. The summed E-state index contributed by atoms with van der Waals surface area (Å²) in [5, 5.41) is 3.17. The number of carbonyl (C=O) groups excluding carboxylic acids is 1. The molecule has 2 aliphatic rings. The molecule has 0 bridgehead atoms. The van der Waals surface area contributed by atoms with Gasteiger partial charge in [0.15, 0.2) is 11.5 Å². The van der Waals surface area contributed by atoms with Crippen molar-refractivity contribution in [2.24, 2.45) is 0 Å². The van der Waals surface area contributed by atoms with Gasteiger partial charge in [0.05, 0.1) is 20.8 Å². The number of nitrogens with one attached hydrogen (secondary N) is 1. The molecular weight excluding hydrogens is 292 g/mol. The molecule has 1 N–H and O–H groups in total. The first-order valence-electron chi connectivity index (χ1n) is 8.45. The number of carbonyl (C=O) groups is 1. The molecule has 1 aromatic carbocycles. The van der Waals surface area contributed by atoms with Crippen molar-refractivity contribution in [1.82, 2.24) is 10.2 Å². The lowest BCUT2D eigenvalue weighted by Gasteiger charge is -2.29. The summed E-state index contributed by atoms with van der Waals surface area (Å²) < 4.78 is 10.7. The van der Waals surface area contributed by atoms with Crippen LogP contribution in [0.1, 0.15) is 36.8 Å². The number of benzene rings is 1. The van der Waals surface area contributed by atoms with Gasteiger partial charge in [-0.1, -0.05) is 12.8 Å². The Morgan fingerprint density at radius 2 is 1.83 bits per heavy atom. The topological polar surface area (TPSA) is 50.8 Å². The number of hydrogen-bond donors (Lipinski definition) is 1. The number of methoxy groups -OCH3 is 2. The maximum Gasteiger partial charge on any atom is 0.234 e. The van der Waals surface area contributed by atoms with E-state index in [0.29, 0.717) is 12.6 Å². The Morgan fingerprint density at radius 1 is 1.17 bits per heavy atom. The summed E-state index contributed by atoms with van der Waals surface area (Å²) in [6.07, 6.45) is 5.68. The average molecular weight is 318 g/mol. The van der Waals surface area contributed by atoms with Gasteiger partial charge in [-0.05, 0) is 42.5 Å². The summed E-state index contributed by atoms with van der Waals surface area (Å²) in [6, 6.07) is 4.49. The summed E-state index contributed by atoms with van der Waals surface area (Å²) in [6.45, 7) is 2.17. The Hall–Kier alpha value is -1.75. The van der Waals surface area contributed by atoms with Crippen LogP contribution in [0.4, 0.5) is 0 Å². The van der Waals surface area contributed by atoms with Crippen molar-refractivity contribution >= 4 is 5.91 Å². The smallest absolute Gasteiger partial charge is 0.234 e. The Balaban J connectivity index is 1.61. The van der Waals surface area contributed by atoms with Crippen molar-refractivity contribution in [2.45, 2.75) is 44.7 Å². The molecule has 3 rings (SSSR count). The molecule has 23 heavy (non-hydrogen) atoms. The van der Waals surface area contributed by atoms with Crippen LogP contribution in [0.2, 0.25) is 0 Å². The van der Waals surface area contributed by atoms with Crippen LogP contribution in [0.25, 0.3) is 0 Å². The van der Waals surface area contributed by atoms with Crippen LogP contribution < -0.4 is 14.8 Å². The molecule has 1 aromatic rings. The largest absolute Gasteiger partial charge is 0.493 e. The quantitative estimate of drug-likeness (QED) is 0.903. The monoisotopic (exact) mass is 318 g/mol. The van der Waals surface area contributed by atoms with E-state index in [1.54, 1.807) is 14.2 Å². The summed E-state index contributed by atoms with van der Waals surface area (Å²) in [4.78, 5) is 14.4. The molecular formula is C18H26N2O3. The Labute approximate surface area is 137 Å². The van der Waals surface area contributed by atoms with E-state index < -0.39 is 0 Å². The van der Waals surface area contributed by atoms with Crippen LogP contribution in [0, 0.1) is 0 Å². The molecule has 0 spiro atoms.